The van der Waals surface area contributed by atoms with Crippen molar-refractivity contribution in [3.8, 4) is 0 Å². The Morgan fingerprint density at radius 1 is 0.694 bits per heavy atom. The van der Waals surface area contributed by atoms with E-state index in [2.05, 4.69) is 24.3 Å². The molecule has 0 aromatic heterocycles. The Labute approximate surface area is 247 Å². The van der Waals surface area contributed by atoms with Crippen molar-refractivity contribution < 1.29 is 45.7 Å². The van der Waals surface area contributed by atoms with Crippen molar-refractivity contribution in [3.63, 3.8) is 0 Å². The number of carbonyl (C=O) groups excluding carboxylic acids is 1. The molecule has 0 aliphatic rings. The molecule has 0 bridgehead atoms. The number of aliphatic carboxylic acids is 1. The van der Waals surface area contributed by atoms with Crippen LogP contribution in [-0.2, 0) is 9.59 Å². The molecule has 1 atom stereocenters. The molecule has 1 amide bonds. The van der Waals surface area contributed by atoms with E-state index in [1.807, 2.05) is 0 Å². The van der Waals surface area contributed by atoms with Crippen molar-refractivity contribution in [1.29, 1.82) is 0 Å². The van der Waals surface area contributed by atoms with Gasteiger partial charge < -0.3 is 12.3 Å². The van der Waals surface area contributed by atoms with Gasteiger partial charge in [0.1, 0.15) is 6.04 Å². The first-order chi connectivity index (χ1) is 17.0. The van der Waals surface area contributed by atoms with Crippen LogP contribution >= 0.6 is 0 Å². The molecule has 0 rings (SSSR count). The topological polar surface area (TPSA) is 95.7 Å². The number of nitrogens with one attached hydrogen (secondary N) is 1. The van der Waals surface area contributed by atoms with Gasteiger partial charge in [0.15, 0.2) is 0 Å². The molecule has 0 spiro atoms. The Hall–Kier alpha value is -0.140. The SMILES string of the molecule is CCCCCCCCCCCCN(CCCCCCCCCCCC)N[C@@H](CCC(N)=O)C(=O)O.[H-].[Na+]. The maximum absolute atomic E-state index is 11.7. The number of hydrogen-bond acceptors (Lipinski definition) is 4. The zero-order chi connectivity index (χ0) is 26.0. The van der Waals surface area contributed by atoms with Crippen molar-refractivity contribution >= 4 is 11.9 Å². The molecule has 36 heavy (non-hydrogen) atoms. The summed E-state index contributed by atoms with van der Waals surface area (Å²) in [6.45, 7) is 6.22. The Bertz CT molecular complexity index is 477. The second-order valence-corrected chi connectivity index (χ2v) is 10.4. The Morgan fingerprint density at radius 3 is 1.33 bits per heavy atom. The van der Waals surface area contributed by atoms with Crippen LogP contribution < -0.4 is 40.7 Å². The van der Waals surface area contributed by atoms with Crippen LogP contribution in [0, 0.1) is 0 Å². The molecular formula is C29H60N3NaO3. The van der Waals surface area contributed by atoms with Crippen molar-refractivity contribution in [3.05, 3.63) is 0 Å². The minimum Gasteiger partial charge on any atom is -1.00 e. The van der Waals surface area contributed by atoms with E-state index in [4.69, 9.17) is 5.73 Å². The first-order valence-electron chi connectivity index (χ1n) is 15.0. The number of hydrogen-bond donors (Lipinski definition) is 3. The van der Waals surface area contributed by atoms with Crippen molar-refractivity contribution in [1.82, 2.24) is 10.4 Å². The second-order valence-electron chi connectivity index (χ2n) is 10.4. The van der Waals surface area contributed by atoms with Crippen molar-refractivity contribution in [2.24, 2.45) is 5.73 Å². The molecule has 0 saturated carbocycles. The Morgan fingerprint density at radius 2 is 1.03 bits per heavy atom. The van der Waals surface area contributed by atoms with Gasteiger partial charge in [0, 0.05) is 19.5 Å². The average molecular weight is 522 g/mol. The van der Waals surface area contributed by atoms with Crippen LogP contribution in [0.25, 0.3) is 0 Å². The van der Waals surface area contributed by atoms with Crippen molar-refractivity contribution in [2.45, 2.75) is 161 Å². The largest absolute Gasteiger partial charge is 1.00 e. The number of nitrogens with two attached hydrogens (primary N) is 1. The molecule has 0 aromatic rings. The smallest absolute Gasteiger partial charge is 1.00 e. The molecule has 0 saturated heterocycles. The third-order valence-electron chi connectivity index (χ3n) is 6.88. The Balaban J connectivity index is -0.00000578. The second kappa shape index (κ2) is 29.4. The molecule has 0 unspecified atom stereocenters. The van der Waals surface area contributed by atoms with Crippen LogP contribution in [0.5, 0.6) is 0 Å². The van der Waals surface area contributed by atoms with E-state index < -0.39 is 17.9 Å². The van der Waals surface area contributed by atoms with E-state index in [1.54, 1.807) is 0 Å². The van der Waals surface area contributed by atoms with Gasteiger partial charge in [-0.05, 0) is 19.3 Å². The quantitative estimate of drug-likeness (QED) is 0.0802. The molecule has 6 nitrogen and oxygen atoms in total. The summed E-state index contributed by atoms with van der Waals surface area (Å²) in [5, 5.41) is 11.7. The summed E-state index contributed by atoms with van der Waals surface area (Å²) in [5.74, 6) is -1.36. The summed E-state index contributed by atoms with van der Waals surface area (Å²) < 4.78 is 0. The number of unbranched alkanes of at least 4 members (excludes halogenated alkanes) is 18. The molecule has 4 N–H and O–H groups in total. The summed E-state index contributed by atoms with van der Waals surface area (Å²) >= 11 is 0. The van der Waals surface area contributed by atoms with Gasteiger partial charge in [-0.2, -0.15) is 0 Å². The molecule has 210 valence electrons. The monoisotopic (exact) mass is 521 g/mol. The maximum Gasteiger partial charge on any atom is 1.00 e. The van der Waals surface area contributed by atoms with E-state index in [1.165, 1.54) is 116 Å². The van der Waals surface area contributed by atoms with E-state index in [0.29, 0.717) is 0 Å². The summed E-state index contributed by atoms with van der Waals surface area (Å²) in [6.07, 6.45) is 26.1. The summed E-state index contributed by atoms with van der Waals surface area (Å²) in [7, 11) is 0. The van der Waals surface area contributed by atoms with Crippen LogP contribution in [0.2, 0.25) is 0 Å². The zero-order valence-electron chi connectivity index (χ0n) is 25.3. The first-order valence-corrected chi connectivity index (χ1v) is 15.0. The number of carboxylic acid groups (broad SMARTS) is 1. The molecular weight excluding hydrogens is 461 g/mol. The molecule has 7 heteroatoms. The fourth-order valence-corrected chi connectivity index (χ4v) is 4.57. The minimum absolute atomic E-state index is 0. The van der Waals surface area contributed by atoms with Gasteiger partial charge in [-0.3, -0.25) is 9.59 Å². The number of rotatable bonds is 28. The standard InChI is InChI=1S/C29H59N3O3.Na.H/c1-3-5-7-9-11-13-15-17-19-21-25-32(31-27(29(34)35)23-24-28(30)33)26-22-20-18-16-14-12-10-8-6-4-2;;/h27,31H,3-26H2,1-2H3,(H2,30,33)(H,34,35);;/q;+1;-1/t27-;;/m0../s1. The predicted molar refractivity (Wildman–Crippen MR) is 149 cm³/mol. The predicted octanol–water partition coefficient (Wildman–Crippen LogP) is 4.47. The summed E-state index contributed by atoms with van der Waals surface area (Å²) in [4.78, 5) is 22.8. The van der Waals surface area contributed by atoms with Crippen LogP contribution in [-0.4, -0.2) is 41.1 Å². The van der Waals surface area contributed by atoms with Gasteiger partial charge >= 0.3 is 35.5 Å². The van der Waals surface area contributed by atoms with Crippen LogP contribution in [0.1, 0.15) is 157 Å². The number of amides is 1. The number of carbonyl (C=O) groups is 2. The average Bonchev–Trinajstić information content (AvgIpc) is 2.83. The summed E-state index contributed by atoms with van der Waals surface area (Å²) in [5.41, 5.74) is 8.44. The van der Waals surface area contributed by atoms with E-state index in [9.17, 15) is 14.7 Å². The van der Waals surface area contributed by atoms with Gasteiger partial charge in [-0.25, -0.2) is 10.4 Å². The summed E-state index contributed by atoms with van der Waals surface area (Å²) in [6, 6.07) is -0.756. The molecule has 0 fully saturated rings. The van der Waals surface area contributed by atoms with Crippen molar-refractivity contribution in [2.75, 3.05) is 13.1 Å². The van der Waals surface area contributed by atoms with Gasteiger partial charge in [-0.15, -0.1) is 0 Å². The van der Waals surface area contributed by atoms with Gasteiger partial charge in [0.2, 0.25) is 5.91 Å². The fourth-order valence-electron chi connectivity index (χ4n) is 4.57. The number of carboxylic acids is 1. The van der Waals surface area contributed by atoms with E-state index >= 15 is 0 Å². The molecule has 0 aromatic carbocycles. The number of primary amides is 1. The molecule has 0 heterocycles. The van der Waals surface area contributed by atoms with Gasteiger partial charge in [-0.1, -0.05) is 129 Å². The van der Waals surface area contributed by atoms with Crippen LogP contribution in [0.15, 0.2) is 0 Å². The van der Waals surface area contributed by atoms with Gasteiger partial charge in [0.05, 0.1) is 0 Å². The number of hydrazine groups is 1. The molecule has 0 radical (unpaired) electrons. The third-order valence-corrected chi connectivity index (χ3v) is 6.88. The first kappa shape index (κ1) is 38.0. The van der Waals surface area contributed by atoms with Gasteiger partial charge in [0.25, 0.3) is 0 Å². The minimum atomic E-state index is -0.914. The van der Waals surface area contributed by atoms with E-state index in [-0.39, 0.29) is 43.8 Å². The van der Waals surface area contributed by atoms with E-state index in [0.717, 1.165) is 25.9 Å². The fraction of sp³-hybridized carbons (Fsp3) is 0.931. The zero-order valence-corrected chi connectivity index (χ0v) is 26.3. The number of nitrogens with zero attached hydrogens (tertiary/aromatic N) is 1. The maximum atomic E-state index is 11.7. The normalized spacial score (nSPS) is 12.0. The van der Waals surface area contributed by atoms with Crippen LogP contribution in [0.3, 0.4) is 0 Å². The molecule has 0 aliphatic heterocycles. The third kappa shape index (κ3) is 26.9. The Kier molecular flexibility index (Phi) is 31.1. The van der Waals surface area contributed by atoms with Crippen LogP contribution in [0.4, 0.5) is 0 Å². The molecule has 0 aliphatic carbocycles.